The highest BCUT2D eigenvalue weighted by Crippen LogP contribution is 2.28. The molecule has 2 aliphatic rings. The quantitative estimate of drug-likeness (QED) is 0.225. The molecule has 0 unspecified atom stereocenters. The first-order valence-corrected chi connectivity index (χ1v) is 18.3. The van der Waals surface area contributed by atoms with Crippen molar-refractivity contribution in [3.05, 3.63) is 150 Å². The Labute approximate surface area is 309 Å². The first-order chi connectivity index (χ1) is 25.8. The summed E-state index contributed by atoms with van der Waals surface area (Å²) in [5, 5.41) is 8.36. The molecule has 2 heterocycles. The van der Waals surface area contributed by atoms with Crippen LogP contribution in [0.5, 0.6) is 5.75 Å². The number of ether oxygens (including phenoxy) is 1. The number of rotatable bonds is 7. The summed E-state index contributed by atoms with van der Waals surface area (Å²) >= 11 is 0. The van der Waals surface area contributed by atoms with E-state index in [1.165, 1.54) is 0 Å². The zero-order chi connectivity index (χ0) is 36.7. The van der Waals surface area contributed by atoms with Crippen LogP contribution in [0, 0.1) is 0 Å². The largest absolute Gasteiger partial charge is 0.491 e. The topological polar surface area (TPSA) is 108 Å². The molecule has 7 rings (SSSR count). The molecule has 2 bridgehead atoms. The van der Waals surface area contributed by atoms with Crippen LogP contribution >= 0.6 is 0 Å². The number of nitrogens with zero attached hydrogens (tertiary/aromatic N) is 2. The minimum atomic E-state index is -0.833. The Balaban J connectivity index is 1.15. The van der Waals surface area contributed by atoms with E-state index in [-0.39, 0.29) is 55.3 Å². The average Bonchev–Trinajstić information content (AvgIpc) is 3.59. The fraction of sp³-hybridized carbons (Fsp3) is 0.273. The highest BCUT2D eigenvalue weighted by atomic mass is 16.5. The minimum Gasteiger partial charge on any atom is -0.491 e. The number of carbonyl (C=O) groups excluding carboxylic acids is 4. The van der Waals surface area contributed by atoms with Crippen LogP contribution < -0.4 is 15.4 Å². The fourth-order valence-electron chi connectivity index (χ4n) is 7.61. The maximum Gasteiger partial charge on any atom is 0.253 e. The van der Waals surface area contributed by atoms with Gasteiger partial charge >= 0.3 is 0 Å². The summed E-state index contributed by atoms with van der Waals surface area (Å²) in [7, 11) is 1.74. The van der Waals surface area contributed by atoms with E-state index >= 15 is 0 Å². The molecule has 0 spiro atoms. The van der Waals surface area contributed by atoms with Gasteiger partial charge in [-0.2, -0.15) is 0 Å². The Morgan fingerprint density at radius 3 is 2.25 bits per heavy atom. The number of amides is 4. The smallest absolute Gasteiger partial charge is 0.253 e. The SMILES string of the molecule is CN1CCC[C@H](NC(=O)Cc2cccc3ccccc23)C(=O)N2C[C@@H](NC(=O)C(c3ccccc3)c3ccccc3)C[C@H]2COc2cccc(c2)C1=O. The van der Waals surface area contributed by atoms with Gasteiger partial charge in [-0.15, -0.1) is 0 Å². The number of hydrogen-bond acceptors (Lipinski definition) is 5. The fourth-order valence-corrected chi connectivity index (χ4v) is 7.61. The molecule has 5 aromatic carbocycles. The minimum absolute atomic E-state index is 0.115. The lowest BCUT2D eigenvalue weighted by molar-refractivity contribution is -0.138. The molecule has 270 valence electrons. The van der Waals surface area contributed by atoms with Crippen molar-refractivity contribution >= 4 is 34.4 Å². The average molecular weight is 709 g/mol. The second-order valence-corrected chi connectivity index (χ2v) is 14.0. The third-order valence-electron chi connectivity index (χ3n) is 10.3. The third kappa shape index (κ3) is 8.25. The molecule has 2 aliphatic heterocycles. The summed E-state index contributed by atoms with van der Waals surface area (Å²) in [6, 6.07) is 38.7. The van der Waals surface area contributed by atoms with Crippen molar-refractivity contribution < 1.29 is 23.9 Å². The Bertz CT molecular complexity index is 2040. The Morgan fingerprint density at radius 2 is 1.49 bits per heavy atom. The van der Waals surface area contributed by atoms with Crippen molar-refractivity contribution in [2.75, 3.05) is 26.7 Å². The van der Waals surface area contributed by atoms with E-state index in [2.05, 4.69) is 10.6 Å². The molecule has 9 nitrogen and oxygen atoms in total. The van der Waals surface area contributed by atoms with E-state index in [1.807, 2.05) is 103 Å². The van der Waals surface area contributed by atoms with Crippen LogP contribution in [0.2, 0.25) is 0 Å². The predicted molar refractivity (Wildman–Crippen MR) is 204 cm³/mol. The first kappa shape index (κ1) is 35.4. The summed E-state index contributed by atoms with van der Waals surface area (Å²) in [4.78, 5) is 59.1. The number of fused-ring (bicyclic) bond motifs is 4. The van der Waals surface area contributed by atoms with E-state index in [4.69, 9.17) is 4.74 Å². The van der Waals surface area contributed by atoms with Crippen molar-refractivity contribution in [3.8, 4) is 5.75 Å². The Kier molecular flexibility index (Phi) is 10.8. The molecule has 3 atom stereocenters. The Hall–Kier alpha value is -5.96. The van der Waals surface area contributed by atoms with Gasteiger partial charge in [-0.1, -0.05) is 109 Å². The van der Waals surface area contributed by atoms with E-state index in [0.717, 1.165) is 27.5 Å². The second-order valence-electron chi connectivity index (χ2n) is 14.0. The van der Waals surface area contributed by atoms with Crippen LogP contribution in [0.1, 0.15) is 52.2 Å². The van der Waals surface area contributed by atoms with E-state index in [1.54, 1.807) is 41.1 Å². The molecule has 53 heavy (non-hydrogen) atoms. The maximum absolute atomic E-state index is 14.6. The molecule has 0 radical (unpaired) electrons. The van der Waals surface area contributed by atoms with Gasteiger partial charge in [0.05, 0.1) is 18.4 Å². The summed E-state index contributed by atoms with van der Waals surface area (Å²) in [6.45, 7) is 0.821. The maximum atomic E-state index is 14.6. The normalized spacial score (nSPS) is 19.3. The van der Waals surface area contributed by atoms with Crippen LogP contribution in [0.4, 0.5) is 0 Å². The molecule has 5 aromatic rings. The van der Waals surface area contributed by atoms with Crippen molar-refractivity contribution in [2.24, 2.45) is 0 Å². The highest BCUT2D eigenvalue weighted by molar-refractivity contribution is 5.95. The molecule has 4 amide bonds. The van der Waals surface area contributed by atoms with Gasteiger partial charge in [-0.25, -0.2) is 0 Å². The molecular formula is C44H44N4O5. The van der Waals surface area contributed by atoms with Gasteiger partial charge in [0.1, 0.15) is 18.4 Å². The van der Waals surface area contributed by atoms with Crippen LogP contribution in [-0.4, -0.2) is 78.3 Å². The lowest BCUT2D eigenvalue weighted by atomic mass is 9.90. The number of nitrogens with one attached hydrogen (secondary N) is 2. The Morgan fingerprint density at radius 1 is 0.811 bits per heavy atom. The van der Waals surface area contributed by atoms with Gasteiger partial charge in [-0.3, -0.25) is 19.2 Å². The molecule has 0 aliphatic carbocycles. The van der Waals surface area contributed by atoms with Crippen molar-refractivity contribution in [1.82, 2.24) is 20.4 Å². The molecule has 0 aromatic heterocycles. The van der Waals surface area contributed by atoms with Crippen molar-refractivity contribution in [3.63, 3.8) is 0 Å². The van der Waals surface area contributed by atoms with Crippen LogP contribution in [0.3, 0.4) is 0 Å². The van der Waals surface area contributed by atoms with E-state index in [0.29, 0.717) is 37.1 Å². The van der Waals surface area contributed by atoms with Gasteiger partial charge in [0.2, 0.25) is 17.7 Å². The number of carbonyl (C=O) groups is 4. The van der Waals surface area contributed by atoms with Crippen molar-refractivity contribution in [1.29, 1.82) is 0 Å². The molecular weight excluding hydrogens is 665 g/mol. The van der Waals surface area contributed by atoms with Crippen molar-refractivity contribution in [2.45, 2.75) is 49.7 Å². The third-order valence-corrected chi connectivity index (χ3v) is 10.3. The molecule has 1 saturated heterocycles. The molecule has 1 fully saturated rings. The second kappa shape index (κ2) is 16.2. The predicted octanol–water partition coefficient (Wildman–Crippen LogP) is 5.73. The summed E-state index contributed by atoms with van der Waals surface area (Å²) < 4.78 is 6.25. The lowest BCUT2D eigenvalue weighted by Gasteiger charge is -2.30. The number of hydrogen-bond donors (Lipinski definition) is 2. The first-order valence-electron chi connectivity index (χ1n) is 18.3. The van der Waals surface area contributed by atoms with Gasteiger partial charge in [0.15, 0.2) is 0 Å². The summed E-state index contributed by atoms with van der Waals surface area (Å²) in [5.41, 5.74) is 3.14. The zero-order valence-electron chi connectivity index (χ0n) is 29.8. The van der Waals surface area contributed by atoms with E-state index < -0.39 is 12.0 Å². The lowest BCUT2D eigenvalue weighted by Crippen LogP contribution is -2.52. The van der Waals surface area contributed by atoms with Crippen LogP contribution in [0.15, 0.2) is 127 Å². The van der Waals surface area contributed by atoms with Gasteiger partial charge in [0, 0.05) is 31.7 Å². The van der Waals surface area contributed by atoms with Gasteiger partial charge < -0.3 is 25.2 Å². The van der Waals surface area contributed by atoms with Gasteiger partial charge in [0.25, 0.3) is 5.91 Å². The summed E-state index contributed by atoms with van der Waals surface area (Å²) in [5.74, 6) is -0.797. The zero-order valence-corrected chi connectivity index (χ0v) is 29.8. The standard InChI is InChI=1S/C44H44N4O5/c1-47-24-12-23-39(46-40(49)26-33-19-10-18-30-13-8-9-22-38(30)33)44(52)48-28-35(27-36(48)29-53-37-21-11-20-34(25-37)43(47)51)45-42(50)41(31-14-4-2-5-15-31)32-16-6-3-7-17-32/h2-11,13-22,25,35-36,39,41H,12,23-24,26-29H2,1H3,(H,45,50)(H,46,49)/t35-,36-,39-/m0/s1. The highest BCUT2D eigenvalue weighted by Gasteiger charge is 2.40. The number of benzene rings is 5. The van der Waals surface area contributed by atoms with Crippen LogP contribution in [-0.2, 0) is 20.8 Å². The monoisotopic (exact) mass is 708 g/mol. The molecule has 9 heteroatoms. The van der Waals surface area contributed by atoms with E-state index in [9.17, 15) is 19.2 Å². The molecule has 2 N–H and O–H groups in total. The van der Waals surface area contributed by atoms with Gasteiger partial charge in [-0.05, 0) is 64.9 Å². The van der Waals surface area contributed by atoms with Crippen LogP contribution in [0.25, 0.3) is 10.8 Å². The summed E-state index contributed by atoms with van der Waals surface area (Å²) in [6.07, 6.45) is 1.41. The molecule has 0 saturated carbocycles.